The number of fused-ring (bicyclic) bond motifs is 2. The van der Waals surface area contributed by atoms with Crippen LogP contribution in [0.4, 0.5) is 0 Å². The van der Waals surface area contributed by atoms with Crippen LogP contribution in [0.1, 0.15) is 36.0 Å². The van der Waals surface area contributed by atoms with E-state index in [1.165, 1.54) is 0 Å². The second kappa shape index (κ2) is 9.95. The minimum atomic E-state index is -0.0303. The number of benzene rings is 2. The van der Waals surface area contributed by atoms with Gasteiger partial charge >= 0.3 is 0 Å². The number of halogens is 2. The fourth-order valence-electron chi connectivity index (χ4n) is 5.10. The molecule has 1 aliphatic rings. The highest BCUT2D eigenvalue weighted by atomic mass is 127. The molecule has 4 aromatic rings. The highest BCUT2D eigenvalue weighted by molar-refractivity contribution is 14.1. The van der Waals surface area contributed by atoms with Gasteiger partial charge in [0.2, 0.25) is 0 Å². The van der Waals surface area contributed by atoms with Crippen LogP contribution in [0.5, 0.6) is 0 Å². The molecule has 2 aromatic carbocycles. The summed E-state index contributed by atoms with van der Waals surface area (Å²) in [7, 11) is 2.04. The number of amides is 1. The number of carbonyl (C=O) groups is 1. The Bertz CT molecular complexity index is 1370. The molecule has 5 nitrogen and oxygen atoms in total. The largest absolute Gasteiger partial charge is 0.352 e. The molecule has 0 aliphatic heterocycles. The number of aromatic nitrogens is 2. The highest BCUT2D eigenvalue weighted by Crippen LogP contribution is 2.34. The van der Waals surface area contributed by atoms with E-state index in [2.05, 4.69) is 66.7 Å². The first-order valence-corrected chi connectivity index (χ1v) is 13.6. The molecule has 34 heavy (non-hydrogen) atoms. The Kier molecular flexibility index (Phi) is 6.95. The molecule has 1 amide bonds. The maximum absolute atomic E-state index is 13.4. The summed E-state index contributed by atoms with van der Waals surface area (Å²) in [6.07, 6.45) is 6.68. The van der Waals surface area contributed by atoms with Gasteiger partial charge in [0.05, 0.1) is 16.8 Å². The van der Waals surface area contributed by atoms with Gasteiger partial charge in [-0.25, -0.2) is 4.98 Å². The lowest BCUT2D eigenvalue weighted by molar-refractivity contribution is 0.0943. The smallest absolute Gasteiger partial charge is 0.252 e. The Balaban J connectivity index is 1.51. The number of pyridine rings is 1. The summed E-state index contributed by atoms with van der Waals surface area (Å²) in [6.45, 7) is 1.48. The molecule has 0 spiro atoms. The number of aryl methyl sites for hydroxylation is 1. The van der Waals surface area contributed by atoms with Crippen LogP contribution in [-0.2, 0) is 7.05 Å². The number of carbonyl (C=O) groups excluding carboxylic acids is 1. The van der Waals surface area contributed by atoms with Crippen molar-refractivity contribution in [2.24, 2.45) is 24.6 Å². The van der Waals surface area contributed by atoms with Gasteiger partial charge in [0.15, 0.2) is 0 Å². The van der Waals surface area contributed by atoms with E-state index < -0.39 is 0 Å². The monoisotopic (exact) mass is 630 g/mol. The molecule has 0 bridgehead atoms. The number of rotatable bonds is 5. The van der Waals surface area contributed by atoms with Crippen LogP contribution in [0.3, 0.4) is 0 Å². The van der Waals surface area contributed by atoms with Crippen LogP contribution in [-0.4, -0.2) is 28.5 Å². The third kappa shape index (κ3) is 4.75. The second-order valence-electron chi connectivity index (χ2n) is 9.36. The summed E-state index contributed by atoms with van der Waals surface area (Å²) in [5.74, 6) is 1.13. The number of hydrogen-bond acceptors (Lipinski definition) is 3. The number of hydrogen-bond donors (Lipinski definition) is 2. The number of nitrogens with two attached hydrogens (primary N) is 1. The lowest BCUT2D eigenvalue weighted by Gasteiger charge is -2.27. The number of nitrogens with zero attached hydrogens (tertiary/aromatic N) is 2. The van der Waals surface area contributed by atoms with Crippen molar-refractivity contribution in [2.75, 3.05) is 13.1 Å². The zero-order chi connectivity index (χ0) is 23.8. The first-order chi connectivity index (χ1) is 16.4. The van der Waals surface area contributed by atoms with E-state index in [4.69, 9.17) is 10.7 Å². The molecule has 176 valence electrons. The lowest BCUT2D eigenvalue weighted by Crippen LogP contribution is -2.32. The normalized spacial score (nSPS) is 18.5. The molecular weight excluding hydrogens is 603 g/mol. The molecule has 0 saturated heterocycles. The third-order valence-corrected chi connectivity index (χ3v) is 8.26. The summed E-state index contributed by atoms with van der Waals surface area (Å²) in [4.78, 5) is 18.4. The van der Waals surface area contributed by atoms with Gasteiger partial charge in [-0.2, -0.15) is 0 Å². The molecular formula is C27H28BrIN4O. The number of nitrogens with one attached hydrogen (secondary N) is 1. The van der Waals surface area contributed by atoms with Crippen molar-refractivity contribution >= 4 is 66.2 Å². The molecule has 2 aromatic heterocycles. The summed E-state index contributed by atoms with van der Waals surface area (Å²) in [6, 6.07) is 14.3. The molecule has 7 heteroatoms. The molecule has 1 aliphatic carbocycles. The van der Waals surface area contributed by atoms with Crippen LogP contribution in [0, 0.1) is 15.4 Å². The predicted octanol–water partition coefficient (Wildman–Crippen LogP) is 6.26. The molecule has 0 radical (unpaired) electrons. The summed E-state index contributed by atoms with van der Waals surface area (Å²) in [5.41, 5.74) is 10.3. The van der Waals surface area contributed by atoms with Crippen molar-refractivity contribution in [1.29, 1.82) is 0 Å². The van der Waals surface area contributed by atoms with E-state index in [0.29, 0.717) is 23.9 Å². The first-order valence-electron chi connectivity index (χ1n) is 11.8. The summed E-state index contributed by atoms with van der Waals surface area (Å²) in [5, 5.41) is 5.22. The molecule has 5 rings (SSSR count). The van der Waals surface area contributed by atoms with Crippen LogP contribution in [0.15, 0.2) is 53.1 Å². The van der Waals surface area contributed by atoms with Crippen LogP contribution >= 0.6 is 38.5 Å². The quantitative estimate of drug-likeness (QED) is 0.256. The minimum Gasteiger partial charge on any atom is -0.352 e. The average molecular weight is 631 g/mol. The minimum absolute atomic E-state index is 0.0303. The van der Waals surface area contributed by atoms with Gasteiger partial charge < -0.3 is 15.6 Å². The topological polar surface area (TPSA) is 72.9 Å². The van der Waals surface area contributed by atoms with Gasteiger partial charge in [0.25, 0.3) is 5.91 Å². The van der Waals surface area contributed by atoms with Gasteiger partial charge in [0, 0.05) is 49.7 Å². The molecule has 0 unspecified atom stereocenters. The predicted molar refractivity (Wildman–Crippen MR) is 151 cm³/mol. The van der Waals surface area contributed by atoms with Crippen LogP contribution in [0.2, 0.25) is 0 Å². The maximum Gasteiger partial charge on any atom is 0.252 e. The van der Waals surface area contributed by atoms with Crippen molar-refractivity contribution in [3.05, 3.63) is 62.3 Å². The van der Waals surface area contributed by atoms with E-state index in [1.807, 2.05) is 37.4 Å². The van der Waals surface area contributed by atoms with E-state index in [0.717, 1.165) is 73.3 Å². The van der Waals surface area contributed by atoms with Gasteiger partial charge in [-0.1, -0.05) is 22.0 Å². The Morgan fingerprint density at radius 1 is 1.12 bits per heavy atom. The Hall–Kier alpha value is -1.97. The fraction of sp³-hybridized carbons (Fsp3) is 0.333. The van der Waals surface area contributed by atoms with Gasteiger partial charge in [-0.3, -0.25) is 4.79 Å². The molecule has 1 fully saturated rings. The van der Waals surface area contributed by atoms with Crippen molar-refractivity contribution in [3.63, 3.8) is 0 Å². The average Bonchev–Trinajstić information content (AvgIpc) is 3.17. The van der Waals surface area contributed by atoms with E-state index in [9.17, 15) is 4.79 Å². The first kappa shape index (κ1) is 23.8. The zero-order valence-electron chi connectivity index (χ0n) is 19.2. The zero-order valence-corrected chi connectivity index (χ0v) is 22.9. The van der Waals surface area contributed by atoms with Crippen molar-refractivity contribution in [2.45, 2.75) is 25.7 Å². The molecule has 3 N–H and O–H groups in total. The van der Waals surface area contributed by atoms with Gasteiger partial charge in [-0.15, -0.1) is 0 Å². The van der Waals surface area contributed by atoms with Crippen LogP contribution in [0.25, 0.3) is 33.1 Å². The third-order valence-electron chi connectivity index (χ3n) is 7.09. The molecule has 1 saturated carbocycles. The van der Waals surface area contributed by atoms with Gasteiger partial charge in [0.1, 0.15) is 0 Å². The Morgan fingerprint density at radius 3 is 2.65 bits per heavy atom. The van der Waals surface area contributed by atoms with Crippen LogP contribution < -0.4 is 11.1 Å². The second-order valence-corrected chi connectivity index (χ2v) is 11.5. The lowest BCUT2D eigenvalue weighted by atomic mass is 9.82. The van der Waals surface area contributed by atoms with Crippen molar-refractivity contribution in [1.82, 2.24) is 14.9 Å². The standard InChI is InChI=1S/C27H28BrIN4O/c1-33-15-23(21-10-18(28)6-9-26(21)33)25-12-22(20-8-7-19(29)11-24(20)32-25)27(34)31-14-17-4-2-16(13-30)3-5-17/h6-12,15-17H,2-5,13-14,30H2,1H3,(H,31,34). The fourth-order valence-corrected chi connectivity index (χ4v) is 5.94. The Morgan fingerprint density at radius 2 is 1.88 bits per heavy atom. The highest BCUT2D eigenvalue weighted by Gasteiger charge is 2.22. The molecule has 2 heterocycles. The van der Waals surface area contributed by atoms with Gasteiger partial charge in [-0.05, 0) is 103 Å². The molecule has 0 atom stereocenters. The Labute approximate surface area is 221 Å². The van der Waals surface area contributed by atoms with E-state index >= 15 is 0 Å². The summed E-state index contributed by atoms with van der Waals surface area (Å²) < 4.78 is 4.22. The van der Waals surface area contributed by atoms with E-state index in [-0.39, 0.29) is 5.91 Å². The van der Waals surface area contributed by atoms with Crippen molar-refractivity contribution < 1.29 is 4.79 Å². The van der Waals surface area contributed by atoms with E-state index in [1.54, 1.807) is 0 Å². The maximum atomic E-state index is 13.4. The SMILES string of the molecule is Cn1cc(-c2cc(C(=O)NCC3CCC(CN)CC3)c3ccc(I)cc3n2)c2cc(Br)ccc21. The summed E-state index contributed by atoms with van der Waals surface area (Å²) >= 11 is 5.90. The van der Waals surface area contributed by atoms with Crippen molar-refractivity contribution in [3.8, 4) is 11.3 Å².